The Morgan fingerprint density at radius 3 is 2.67 bits per heavy atom. The van der Waals surface area contributed by atoms with Gasteiger partial charge in [-0.25, -0.2) is 17.6 Å². The molecule has 0 atom stereocenters. The van der Waals surface area contributed by atoms with E-state index in [1.807, 2.05) is 5.38 Å². The minimum absolute atomic E-state index is 0.136. The second-order valence-corrected chi connectivity index (χ2v) is 7.57. The Morgan fingerprint density at radius 1 is 1.38 bits per heavy atom. The topological polar surface area (TPSA) is 71.4 Å². The van der Waals surface area contributed by atoms with E-state index in [0.29, 0.717) is 0 Å². The number of aryl methyl sites for hydroxylation is 1. The maximum absolute atomic E-state index is 14.0. The number of benzene rings is 1. The van der Waals surface area contributed by atoms with Crippen LogP contribution >= 0.6 is 22.9 Å². The molecule has 0 aliphatic carbocycles. The van der Waals surface area contributed by atoms with Crippen molar-refractivity contribution in [3.8, 4) is 0 Å². The fourth-order valence-corrected chi connectivity index (χ4v) is 4.14. The lowest BCUT2D eigenvalue weighted by Crippen LogP contribution is -2.13. The van der Waals surface area contributed by atoms with Crippen LogP contribution in [-0.2, 0) is 16.3 Å². The molecule has 0 amide bonds. The molecule has 8 heteroatoms. The first-order valence-electron chi connectivity index (χ1n) is 5.77. The highest BCUT2D eigenvalue weighted by Crippen LogP contribution is 2.25. The Kier molecular flexibility index (Phi) is 4.65. The van der Waals surface area contributed by atoms with Gasteiger partial charge in [0.1, 0.15) is 4.90 Å². The largest absolute Gasteiger partial charge is 0.478 e. The molecule has 0 bridgehead atoms. The van der Waals surface area contributed by atoms with Gasteiger partial charge in [0.05, 0.1) is 11.3 Å². The van der Waals surface area contributed by atoms with Gasteiger partial charge in [0.2, 0.25) is 0 Å². The molecule has 0 aliphatic heterocycles. The van der Waals surface area contributed by atoms with Gasteiger partial charge in [-0.2, -0.15) is 11.3 Å². The standard InChI is InChI=1S/C13H10ClFO4S2/c14-9-5-10(13(16)17)12(15)11(6-9)21(18,19)4-2-8-1-3-20-7-8/h1,3,5-7H,2,4H2,(H,16,17). The van der Waals surface area contributed by atoms with Crippen molar-refractivity contribution in [2.24, 2.45) is 0 Å². The Hall–Kier alpha value is -1.44. The smallest absolute Gasteiger partial charge is 0.338 e. The molecule has 0 saturated heterocycles. The minimum atomic E-state index is -3.96. The molecule has 1 aromatic heterocycles. The summed E-state index contributed by atoms with van der Waals surface area (Å²) in [6, 6.07) is 3.60. The van der Waals surface area contributed by atoms with E-state index in [9.17, 15) is 17.6 Å². The van der Waals surface area contributed by atoms with Crippen LogP contribution < -0.4 is 0 Å². The molecule has 0 radical (unpaired) electrons. The summed E-state index contributed by atoms with van der Waals surface area (Å²) in [5.74, 6) is -3.17. The highest BCUT2D eigenvalue weighted by Gasteiger charge is 2.25. The number of carboxylic acid groups (broad SMARTS) is 1. The number of carboxylic acids is 1. The van der Waals surface area contributed by atoms with E-state index in [1.165, 1.54) is 11.3 Å². The molecular formula is C13H10ClFO4S2. The fraction of sp³-hybridized carbons (Fsp3) is 0.154. The first-order chi connectivity index (χ1) is 9.81. The zero-order chi connectivity index (χ0) is 15.6. The van der Waals surface area contributed by atoms with Gasteiger partial charge in [-0.3, -0.25) is 0 Å². The van der Waals surface area contributed by atoms with Gasteiger partial charge < -0.3 is 5.11 Å². The van der Waals surface area contributed by atoms with Crippen molar-refractivity contribution in [3.05, 3.63) is 50.9 Å². The van der Waals surface area contributed by atoms with Crippen molar-refractivity contribution < 1.29 is 22.7 Å². The van der Waals surface area contributed by atoms with Gasteiger partial charge in [0.25, 0.3) is 0 Å². The van der Waals surface area contributed by atoms with Gasteiger partial charge in [-0.15, -0.1) is 0 Å². The molecule has 21 heavy (non-hydrogen) atoms. The molecule has 0 saturated carbocycles. The van der Waals surface area contributed by atoms with Crippen LogP contribution in [0.5, 0.6) is 0 Å². The average molecular weight is 349 g/mol. The van der Waals surface area contributed by atoms with Crippen LogP contribution in [0.25, 0.3) is 0 Å². The van der Waals surface area contributed by atoms with Crippen molar-refractivity contribution >= 4 is 38.7 Å². The summed E-state index contributed by atoms with van der Waals surface area (Å²) in [5.41, 5.74) is 0.0704. The van der Waals surface area contributed by atoms with Gasteiger partial charge in [0.15, 0.2) is 15.7 Å². The van der Waals surface area contributed by atoms with Gasteiger partial charge in [-0.1, -0.05) is 11.6 Å². The summed E-state index contributed by atoms with van der Waals surface area (Å²) in [7, 11) is -3.96. The monoisotopic (exact) mass is 348 g/mol. The normalized spacial score (nSPS) is 11.5. The number of carbonyl (C=O) groups is 1. The number of sulfone groups is 1. The molecule has 1 aromatic carbocycles. The van der Waals surface area contributed by atoms with Crippen molar-refractivity contribution in [2.75, 3.05) is 5.75 Å². The molecule has 1 N–H and O–H groups in total. The number of aromatic carboxylic acids is 1. The van der Waals surface area contributed by atoms with E-state index < -0.39 is 32.1 Å². The number of thiophene rings is 1. The molecule has 112 valence electrons. The zero-order valence-electron chi connectivity index (χ0n) is 10.5. The van der Waals surface area contributed by atoms with E-state index in [1.54, 1.807) is 11.4 Å². The molecule has 0 fully saturated rings. The third kappa shape index (κ3) is 3.61. The molecule has 0 aliphatic rings. The Labute approximate surface area is 129 Å². The van der Waals surface area contributed by atoms with Crippen LogP contribution in [0.15, 0.2) is 33.9 Å². The van der Waals surface area contributed by atoms with E-state index >= 15 is 0 Å². The van der Waals surface area contributed by atoms with Crippen molar-refractivity contribution in [1.29, 1.82) is 0 Å². The van der Waals surface area contributed by atoms with Crippen LogP contribution in [0.4, 0.5) is 4.39 Å². The van der Waals surface area contributed by atoms with Crippen LogP contribution in [0.2, 0.25) is 5.02 Å². The summed E-state index contributed by atoms with van der Waals surface area (Å²) in [6.07, 6.45) is 0.222. The fourth-order valence-electron chi connectivity index (χ4n) is 1.74. The first kappa shape index (κ1) is 15.9. The van der Waals surface area contributed by atoms with E-state index in [-0.39, 0.29) is 17.2 Å². The summed E-state index contributed by atoms with van der Waals surface area (Å²) in [4.78, 5) is 10.2. The lowest BCUT2D eigenvalue weighted by atomic mass is 10.2. The van der Waals surface area contributed by atoms with Crippen molar-refractivity contribution in [1.82, 2.24) is 0 Å². The maximum atomic E-state index is 14.0. The summed E-state index contributed by atoms with van der Waals surface area (Å²) < 4.78 is 38.4. The Balaban J connectivity index is 2.37. The Morgan fingerprint density at radius 2 is 2.10 bits per heavy atom. The predicted molar refractivity (Wildman–Crippen MR) is 78.4 cm³/mol. The third-order valence-corrected chi connectivity index (χ3v) is 5.47. The predicted octanol–water partition coefficient (Wildman–Crippen LogP) is 3.26. The van der Waals surface area contributed by atoms with Crippen molar-refractivity contribution in [2.45, 2.75) is 11.3 Å². The van der Waals surface area contributed by atoms with Crippen molar-refractivity contribution in [3.63, 3.8) is 0 Å². The lowest BCUT2D eigenvalue weighted by molar-refractivity contribution is 0.0691. The third-order valence-electron chi connectivity index (χ3n) is 2.81. The number of hydrogen-bond donors (Lipinski definition) is 1. The summed E-state index contributed by atoms with van der Waals surface area (Å²) in [5, 5.41) is 12.3. The molecular weight excluding hydrogens is 339 g/mol. The number of halogens is 2. The highest BCUT2D eigenvalue weighted by molar-refractivity contribution is 7.91. The maximum Gasteiger partial charge on any atom is 0.338 e. The summed E-state index contributed by atoms with van der Waals surface area (Å²) >= 11 is 7.11. The zero-order valence-corrected chi connectivity index (χ0v) is 12.9. The molecule has 2 aromatic rings. The van der Waals surface area contributed by atoms with Crippen LogP contribution in [0.3, 0.4) is 0 Å². The molecule has 2 rings (SSSR count). The number of hydrogen-bond acceptors (Lipinski definition) is 4. The van der Waals surface area contributed by atoms with Gasteiger partial charge >= 0.3 is 5.97 Å². The second kappa shape index (κ2) is 6.13. The highest BCUT2D eigenvalue weighted by atomic mass is 35.5. The molecule has 0 unspecified atom stereocenters. The minimum Gasteiger partial charge on any atom is -0.478 e. The van der Waals surface area contributed by atoms with E-state index in [2.05, 4.69) is 0 Å². The second-order valence-electron chi connectivity index (χ2n) is 4.27. The lowest BCUT2D eigenvalue weighted by Gasteiger charge is -2.08. The first-order valence-corrected chi connectivity index (χ1v) is 8.75. The molecule has 1 heterocycles. The van der Waals surface area contributed by atoms with Crippen LogP contribution in [-0.4, -0.2) is 25.2 Å². The van der Waals surface area contributed by atoms with Gasteiger partial charge in [0, 0.05) is 5.02 Å². The molecule has 0 spiro atoms. The average Bonchev–Trinajstić information content (AvgIpc) is 2.91. The van der Waals surface area contributed by atoms with Gasteiger partial charge in [-0.05, 0) is 40.9 Å². The van der Waals surface area contributed by atoms with Crippen LogP contribution in [0, 0.1) is 5.82 Å². The molecule has 4 nitrogen and oxygen atoms in total. The van der Waals surface area contributed by atoms with E-state index in [0.717, 1.165) is 17.7 Å². The van der Waals surface area contributed by atoms with E-state index in [4.69, 9.17) is 16.7 Å². The number of rotatable bonds is 5. The summed E-state index contributed by atoms with van der Waals surface area (Å²) in [6.45, 7) is 0. The SMILES string of the molecule is O=C(O)c1cc(Cl)cc(S(=O)(=O)CCc2ccsc2)c1F. The Bertz CT molecular complexity index is 770. The van der Waals surface area contributed by atoms with Crippen LogP contribution in [0.1, 0.15) is 15.9 Å². The quantitative estimate of drug-likeness (QED) is 0.900.